The van der Waals surface area contributed by atoms with Crippen LogP contribution in [0.3, 0.4) is 0 Å². The topological polar surface area (TPSA) is 211 Å². The van der Waals surface area contributed by atoms with Gasteiger partial charge in [-0.2, -0.15) is 12.6 Å². The molecule has 0 aromatic carbocycles. The fourth-order valence-electron chi connectivity index (χ4n) is 8.25. The number of aromatic nitrogens is 1. The number of amides is 3. The summed E-state index contributed by atoms with van der Waals surface area (Å²) in [6.45, 7) is 10.4. The molecule has 0 radical (unpaired) electrons. The van der Waals surface area contributed by atoms with E-state index >= 15 is 0 Å². The number of cyclic esters (lactones) is 1. The first-order valence-corrected chi connectivity index (χ1v) is 21.7. The molecule has 1 saturated carbocycles. The van der Waals surface area contributed by atoms with Gasteiger partial charge in [-0.3, -0.25) is 28.9 Å². The number of ether oxygens (including phenoxy) is 4. The first kappa shape index (κ1) is 45.7. The summed E-state index contributed by atoms with van der Waals surface area (Å²) in [6.07, 6.45) is 2.65. The quantitative estimate of drug-likeness (QED) is 0.0870. The Bertz CT molecular complexity index is 1720. The number of epoxide rings is 1. The summed E-state index contributed by atoms with van der Waals surface area (Å²) in [7, 11) is 0. The van der Waals surface area contributed by atoms with Gasteiger partial charge in [0.1, 0.15) is 16.9 Å². The number of carbonyl (C=O) groups excluding carboxylic acids is 6. The maximum absolute atomic E-state index is 13.4. The lowest BCUT2D eigenvalue weighted by Gasteiger charge is -2.34. The molecule has 58 heavy (non-hydrogen) atoms. The number of likely N-dealkylation sites (tertiary alicyclic amines) is 1. The molecule has 4 aliphatic rings. The summed E-state index contributed by atoms with van der Waals surface area (Å²) in [6, 6.07) is 0. The van der Waals surface area contributed by atoms with Gasteiger partial charge in [0.05, 0.1) is 59.2 Å². The Hall–Kier alpha value is -3.38. The van der Waals surface area contributed by atoms with Crippen molar-refractivity contribution in [2.75, 3.05) is 13.3 Å². The number of esters is 2. The van der Waals surface area contributed by atoms with Gasteiger partial charge in [-0.05, 0) is 75.9 Å². The van der Waals surface area contributed by atoms with Crippen LogP contribution in [0.15, 0.2) is 11.0 Å². The Morgan fingerprint density at radius 2 is 1.78 bits per heavy atom. The smallest absolute Gasteiger partial charge is 0.410 e. The molecule has 1 aromatic rings. The molecule has 5 rings (SSSR count). The van der Waals surface area contributed by atoms with E-state index in [-0.39, 0.29) is 54.4 Å². The summed E-state index contributed by atoms with van der Waals surface area (Å²) in [4.78, 5) is 81.8. The molecule has 3 aliphatic heterocycles. The van der Waals surface area contributed by atoms with Crippen molar-refractivity contribution >= 4 is 65.7 Å². The number of imide groups is 1. The minimum Gasteiger partial charge on any atom is -0.458 e. The summed E-state index contributed by atoms with van der Waals surface area (Å²) >= 11 is 5.47. The summed E-state index contributed by atoms with van der Waals surface area (Å²) in [5.41, 5.74) is -0.433. The molecule has 8 atom stereocenters. The van der Waals surface area contributed by atoms with Crippen molar-refractivity contribution in [1.29, 1.82) is 0 Å². The highest BCUT2D eigenvalue weighted by atomic mass is 32.1. The maximum Gasteiger partial charge on any atom is 0.410 e. The molecular formula is C41H59N3O12S2. The van der Waals surface area contributed by atoms with Crippen LogP contribution in [0.5, 0.6) is 0 Å². The van der Waals surface area contributed by atoms with Crippen LogP contribution in [0.4, 0.5) is 4.79 Å². The van der Waals surface area contributed by atoms with Crippen LogP contribution in [0.1, 0.15) is 116 Å². The van der Waals surface area contributed by atoms with E-state index in [4.69, 9.17) is 18.9 Å². The number of fused-ring (bicyclic) bond motifs is 1. The van der Waals surface area contributed by atoms with Gasteiger partial charge in [0.25, 0.3) is 0 Å². The SMILES string of the molecule is C/C(=C\c1csc(CNC(=O)OCOC(=O)C2CCC(CN3C(=O)CC(S)C3=O)CC2)n1)[C@@H]1C[C@@H]2O[C@]2(C)CCC[C@H](C)[C@H](O)[C@@H](C)C(=O)C(C)(C)[C@@H](O)CC(=O)O1. The van der Waals surface area contributed by atoms with Crippen molar-refractivity contribution in [1.82, 2.24) is 15.2 Å². The van der Waals surface area contributed by atoms with Gasteiger partial charge in [0, 0.05) is 30.7 Å². The second-order valence-corrected chi connectivity index (χ2v) is 18.9. The number of thiazole rings is 1. The number of thiol groups is 1. The molecule has 4 heterocycles. The number of Topliss-reactive ketones (excluding diaryl/α,β-unsaturated/α-hetero) is 1. The number of carbonyl (C=O) groups is 6. The summed E-state index contributed by atoms with van der Waals surface area (Å²) in [5, 5.41) is 26.4. The molecule has 0 spiro atoms. The van der Waals surface area contributed by atoms with E-state index < -0.39 is 71.7 Å². The Kier molecular flexibility index (Phi) is 15.2. The third-order valence-electron chi connectivity index (χ3n) is 12.5. The van der Waals surface area contributed by atoms with Crippen molar-refractivity contribution in [2.45, 2.75) is 148 Å². The van der Waals surface area contributed by atoms with Crippen LogP contribution < -0.4 is 5.32 Å². The molecule has 4 fully saturated rings. The predicted octanol–water partition coefficient (Wildman–Crippen LogP) is 4.76. The third-order valence-corrected chi connectivity index (χ3v) is 13.7. The van der Waals surface area contributed by atoms with Crippen molar-refractivity contribution in [2.24, 2.45) is 29.1 Å². The zero-order valence-electron chi connectivity index (χ0n) is 34.3. The number of ketones is 1. The largest absolute Gasteiger partial charge is 0.458 e. The average molecular weight is 850 g/mol. The average Bonchev–Trinajstić information content (AvgIpc) is 3.46. The highest BCUT2D eigenvalue weighted by Crippen LogP contribution is 2.45. The number of alkyl carbamates (subject to hydrolysis) is 1. The highest BCUT2D eigenvalue weighted by molar-refractivity contribution is 7.81. The number of aliphatic hydroxyl groups excluding tert-OH is 2. The third kappa shape index (κ3) is 11.5. The monoisotopic (exact) mass is 849 g/mol. The molecule has 3 amide bonds. The van der Waals surface area contributed by atoms with Crippen LogP contribution in [0.2, 0.25) is 0 Å². The Morgan fingerprint density at radius 3 is 2.45 bits per heavy atom. The molecule has 1 aromatic heterocycles. The normalized spacial score (nSPS) is 33.9. The van der Waals surface area contributed by atoms with E-state index in [0.29, 0.717) is 61.3 Å². The molecule has 3 saturated heterocycles. The molecule has 322 valence electrons. The van der Waals surface area contributed by atoms with Gasteiger partial charge >= 0.3 is 18.0 Å². The van der Waals surface area contributed by atoms with Gasteiger partial charge < -0.3 is 34.5 Å². The van der Waals surface area contributed by atoms with Crippen LogP contribution in [-0.4, -0.2) is 104 Å². The molecular weight excluding hydrogens is 791 g/mol. The first-order chi connectivity index (χ1) is 27.3. The molecule has 17 heteroatoms. The van der Waals surface area contributed by atoms with E-state index in [1.165, 1.54) is 16.2 Å². The minimum atomic E-state index is -1.33. The maximum atomic E-state index is 13.4. The fraction of sp³-hybridized carbons (Fsp3) is 0.732. The minimum absolute atomic E-state index is 0.0532. The zero-order chi connectivity index (χ0) is 42.5. The van der Waals surface area contributed by atoms with Crippen molar-refractivity contribution in [3.05, 3.63) is 21.7 Å². The van der Waals surface area contributed by atoms with Crippen LogP contribution >= 0.6 is 24.0 Å². The molecule has 3 N–H and O–H groups in total. The van der Waals surface area contributed by atoms with Crippen LogP contribution in [0, 0.1) is 29.1 Å². The number of hydrogen-bond acceptors (Lipinski definition) is 15. The van der Waals surface area contributed by atoms with E-state index in [1.807, 2.05) is 20.8 Å². The molecule has 1 unspecified atom stereocenters. The van der Waals surface area contributed by atoms with E-state index in [9.17, 15) is 39.0 Å². The lowest BCUT2D eigenvalue weighted by Crippen LogP contribution is -2.45. The van der Waals surface area contributed by atoms with Crippen molar-refractivity contribution in [3.63, 3.8) is 0 Å². The van der Waals surface area contributed by atoms with Crippen LogP contribution in [-0.2, 0) is 49.5 Å². The van der Waals surface area contributed by atoms with Gasteiger partial charge in [-0.15, -0.1) is 11.3 Å². The Balaban J connectivity index is 1.09. The van der Waals surface area contributed by atoms with Gasteiger partial charge in [-0.1, -0.05) is 34.1 Å². The van der Waals surface area contributed by atoms with E-state index in [2.05, 4.69) is 22.9 Å². The number of nitrogens with one attached hydrogen (secondary N) is 1. The number of nitrogens with zero attached hydrogens (tertiary/aromatic N) is 2. The molecule has 1 aliphatic carbocycles. The van der Waals surface area contributed by atoms with E-state index in [0.717, 1.165) is 12.8 Å². The lowest BCUT2D eigenvalue weighted by atomic mass is 9.73. The fourth-order valence-corrected chi connectivity index (χ4v) is 9.23. The van der Waals surface area contributed by atoms with E-state index in [1.54, 1.807) is 32.2 Å². The Labute approximate surface area is 349 Å². The lowest BCUT2D eigenvalue weighted by molar-refractivity contribution is -0.159. The number of hydrogen-bond donors (Lipinski definition) is 4. The highest BCUT2D eigenvalue weighted by Gasteiger charge is 2.53. The standard InChI is InChI=1S/C41H59N3O12S2/c1-22-8-7-13-41(6)31(56-41)15-28(55-34(47)17-30(45)40(4,5)36(49)24(3)35(22)48)23(2)14-27-20-58-32(43-27)18-42-39(52)54-21-53-38(51)26-11-9-25(10-12-26)19-44-33(46)16-29(57)37(44)50/h14,20,22,24-26,28-31,35,45,48,57H,7-13,15-19,21H2,1-6H3,(H,42,52)/b23-14+/t22-,24+,25?,26?,28-,29?,30-,31-,35-,41+/m0/s1. The first-order valence-electron chi connectivity index (χ1n) is 20.3. The summed E-state index contributed by atoms with van der Waals surface area (Å²) < 4.78 is 22.3. The van der Waals surface area contributed by atoms with Crippen molar-refractivity contribution < 1.29 is 57.9 Å². The predicted molar refractivity (Wildman–Crippen MR) is 215 cm³/mol. The molecule has 15 nitrogen and oxygen atoms in total. The van der Waals surface area contributed by atoms with Gasteiger partial charge in [-0.25, -0.2) is 9.78 Å². The number of rotatable bonds is 9. The van der Waals surface area contributed by atoms with Crippen LogP contribution in [0.25, 0.3) is 6.08 Å². The van der Waals surface area contributed by atoms with Crippen molar-refractivity contribution in [3.8, 4) is 0 Å². The second kappa shape index (κ2) is 19.3. The summed E-state index contributed by atoms with van der Waals surface area (Å²) in [5.74, 6) is -3.04. The Morgan fingerprint density at radius 1 is 1.07 bits per heavy atom. The van der Waals surface area contributed by atoms with Gasteiger partial charge in [0.2, 0.25) is 18.6 Å². The van der Waals surface area contributed by atoms with Gasteiger partial charge in [0.15, 0.2) is 0 Å². The zero-order valence-corrected chi connectivity index (χ0v) is 36.0. The number of aliphatic hydroxyl groups is 2. The second-order valence-electron chi connectivity index (χ2n) is 17.3. The molecule has 0 bridgehead atoms.